The Morgan fingerprint density at radius 1 is 0.475 bits per heavy atom. The van der Waals surface area contributed by atoms with Crippen LogP contribution in [0.1, 0.15) is 57.1 Å². The quantitative estimate of drug-likeness (QED) is 0.162. The zero-order chi connectivity index (χ0) is 39.9. The number of nitriles is 1. The second-order valence-electron chi connectivity index (χ2n) is 17.3. The third-order valence-electron chi connectivity index (χ3n) is 13.0. The number of fused-ring (bicyclic) bond motifs is 3. The minimum atomic E-state index is 0.329. The van der Waals surface area contributed by atoms with E-state index >= 15 is 0 Å². The molecule has 4 nitrogen and oxygen atoms in total. The van der Waals surface area contributed by atoms with Crippen LogP contribution in [0.5, 0.6) is 0 Å². The minimum absolute atomic E-state index is 0.329. The standard InChI is InChI=1S/C55H46N4/c1-36-29-39-30-37(2)33-55(32-36,34-39)49-26-23-44(24-27-49)47-25-28-50-48(31-47)9-6-10-51(50)54-58-52(45-19-15-42(16-20-45)40-7-4-3-5-8-40)57-53(59-54)46-21-17-43(18-22-46)41-13-11-38(35-56)12-14-41/h3-28,31,36-37,39H,29-30,32-34H2,1-2H3/t36-,37+,39?,55?. The Morgan fingerprint density at radius 3 is 1.56 bits per heavy atom. The molecular formula is C55H46N4. The molecule has 2 bridgehead atoms. The lowest BCUT2D eigenvalue weighted by Crippen LogP contribution is -2.42. The second kappa shape index (κ2) is 15.2. The summed E-state index contributed by atoms with van der Waals surface area (Å²) >= 11 is 0. The summed E-state index contributed by atoms with van der Waals surface area (Å²) in [6.07, 6.45) is 6.77. The first kappa shape index (κ1) is 36.6. The van der Waals surface area contributed by atoms with Crippen molar-refractivity contribution in [1.29, 1.82) is 5.26 Å². The molecule has 0 N–H and O–H groups in total. The highest BCUT2D eigenvalue weighted by atomic mass is 15.0. The molecule has 7 aromatic carbocycles. The number of hydrogen-bond acceptors (Lipinski definition) is 4. The van der Waals surface area contributed by atoms with E-state index in [9.17, 15) is 5.26 Å². The van der Waals surface area contributed by atoms with Gasteiger partial charge in [-0.1, -0.05) is 159 Å². The molecule has 0 spiro atoms. The molecule has 0 amide bonds. The molecule has 1 heterocycles. The molecule has 0 aliphatic heterocycles. The maximum Gasteiger partial charge on any atom is 0.164 e. The van der Waals surface area contributed by atoms with Crippen molar-refractivity contribution in [3.8, 4) is 73.6 Å². The Balaban J connectivity index is 1.01. The van der Waals surface area contributed by atoms with Gasteiger partial charge in [0, 0.05) is 16.7 Å². The first-order chi connectivity index (χ1) is 28.9. The maximum atomic E-state index is 9.27. The van der Waals surface area contributed by atoms with Gasteiger partial charge in [-0.3, -0.25) is 0 Å². The summed E-state index contributed by atoms with van der Waals surface area (Å²) in [6.45, 7) is 4.93. The van der Waals surface area contributed by atoms with Crippen molar-refractivity contribution in [2.75, 3.05) is 0 Å². The molecule has 8 aromatic rings. The fourth-order valence-corrected chi connectivity index (χ4v) is 10.5. The SMILES string of the molecule is C[C@@H]1CC2C[C@H](C)CC(c3ccc(-c4ccc5c(-c6nc(-c7ccc(-c8ccccc8)cc7)nc(-c7ccc(-c8ccc(C#N)cc8)cc7)n6)cccc5c4)cc3)(C2)C1. The monoisotopic (exact) mass is 762 g/mol. The number of hydrogen-bond donors (Lipinski definition) is 0. The molecule has 59 heavy (non-hydrogen) atoms. The molecule has 4 atom stereocenters. The Hall–Kier alpha value is -6.70. The lowest BCUT2D eigenvalue weighted by atomic mass is 9.54. The minimum Gasteiger partial charge on any atom is -0.208 e. The average molecular weight is 763 g/mol. The van der Waals surface area contributed by atoms with Crippen molar-refractivity contribution in [2.24, 2.45) is 17.8 Å². The van der Waals surface area contributed by atoms with Gasteiger partial charge in [-0.25, -0.2) is 15.0 Å². The van der Waals surface area contributed by atoms with E-state index < -0.39 is 0 Å². The highest BCUT2D eigenvalue weighted by Gasteiger charge is 2.45. The van der Waals surface area contributed by atoms with Crippen molar-refractivity contribution < 1.29 is 0 Å². The molecule has 2 aliphatic carbocycles. The highest BCUT2D eigenvalue weighted by molar-refractivity contribution is 5.97. The van der Waals surface area contributed by atoms with Crippen LogP contribution < -0.4 is 0 Å². The molecule has 2 unspecified atom stereocenters. The molecular weight excluding hydrogens is 717 g/mol. The average Bonchev–Trinajstić information content (AvgIpc) is 3.28. The van der Waals surface area contributed by atoms with Crippen LogP contribution in [0, 0.1) is 29.1 Å². The van der Waals surface area contributed by atoms with Crippen molar-refractivity contribution in [1.82, 2.24) is 15.0 Å². The van der Waals surface area contributed by atoms with E-state index in [1.807, 2.05) is 30.3 Å². The molecule has 4 heteroatoms. The van der Waals surface area contributed by atoms with Gasteiger partial charge in [-0.05, 0) is 123 Å². The van der Waals surface area contributed by atoms with Crippen molar-refractivity contribution in [3.63, 3.8) is 0 Å². The van der Waals surface area contributed by atoms with E-state index in [1.165, 1.54) is 54.4 Å². The Labute approximate surface area is 347 Å². The lowest BCUT2D eigenvalue weighted by molar-refractivity contribution is 0.0780. The smallest absolute Gasteiger partial charge is 0.164 e. The number of nitrogens with zero attached hydrogens (tertiary/aromatic N) is 4. The molecule has 10 rings (SSSR count). The van der Waals surface area contributed by atoms with E-state index in [2.05, 4.69) is 153 Å². The van der Waals surface area contributed by atoms with Gasteiger partial charge < -0.3 is 0 Å². The fourth-order valence-electron chi connectivity index (χ4n) is 10.5. The van der Waals surface area contributed by atoms with Crippen LogP contribution in [0.25, 0.3) is 78.3 Å². The van der Waals surface area contributed by atoms with Crippen LogP contribution >= 0.6 is 0 Å². The van der Waals surface area contributed by atoms with Crippen LogP contribution in [-0.2, 0) is 5.41 Å². The topological polar surface area (TPSA) is 62.5 Å². The van der Waals surface area contributed by atoms with Gasteiger partial charge in [0.25, 0.3) is 0 Å². The van der Waals surface area contributed by atoms with E-state index in [-0.39, 0.29) is 0 Å². The second-order valence-corrected chi connectivity index (χ2v) is 17.3. The van der Waals surface area contributed by atoms with E-state index in [4.69, 9.17) is 15.0 Å². The largest absolute Gasteiger partial charge is 0.208 e. The highest BCUT2D eigenvalue weighted by Crippen LogP contribution is 2.54. The van der Waals surface area contributed by atoms with Crippen molar-refractivity contribution in [2.45, 2.75) is 51.4 Å². The van der Waals surface area contributed by atoms with Crippen LogP contribution in [-0.4, -0.2) is 15.0 Å². The third kappa shape index (κ3) is 7.23. The number of benzene rings is 7. The summed E-state index contributed by atoms with van der Waals surface area (Å²) in [4.78, 5) is 15.4. The Kier molecular flexibility index (Phi) is 9.46. The van der Waals surface area contributed by atoms with Crippen LogP contribution in [0.3, 0.4) is 0 Å². The summed E-state index contributed by atoms with van der Waals surface area (Å²) in [5.74, 6) is 4.34. The summed E-state index contributed by atoms with van der Waals surface area (Å²) in [6, 6.07) is 59.8. The van der Waals surface area contributed by atoms with E-state index in [1.54, 1.807) is 0 Å². The molecule has 286 valence electrons. The Morgan fingerprint density at radius 2 is 0.966 bits per heavy atom. The van der Waals surface area contributed by atoms with Crippen molar-refractivity contribution >= 4 is 10.8 Å². The zero-order valence-electron chi connectivity index (χ0n) is 33.6. The summed E-state index contributed by atoms with van der Waals surface area (Å²) in [5, 5.41) is 11.5. The molecule has 1 aromatic heterocycles. The first-order valence-corrected chi connectivity index (χ1v) is 21.1. The molecule has 2 aliphatic rings. The van der Waals surface area contributed by atoms with Crippen molar-refractivity contribution in [3.05, 3.63) is 175 Å². The number of aromatic nitrogens is 3. The molecule has 0 saturated heterocycles. The first-order valence-electron chi connectivity index (χ1n) is 21.1. The van der Waals surface area contributed by atoms with Gasteiger partial charge in [-0.2, -0.15) is 5.26 Å². The summed E-state index contributed by atoms with van der Waals surface area (Å²) in [5.41, 5.74) is 12.2. The zero-order valence-corrected chi connectivity index (χ0v) is 33.6. The van der Waals surface area contributed by atoms with Gasteiger partial charge in [0.15, 0.2) is 17.5 Å². The summed E-state index contributed by atoms with van der Waals surface area (Å²) < 4.78 is 0. The Bertz CT molecular complexity index is 2800. The molecule has 2 fully saturated rings. The van der Waals surface area contributed by atoms with E-state index in [0.29, 0.717) is 28.5 Å². The normalized spacial score (nSPS) is 19.9. The maximum absolute atomic E-state index is 9.27. The predicted octanol–water partition coefficient (Wildman–Crippen LogP) is 14.0. The molecule has 2 saturated carbocycles. The summed E-state index contributed by atoms with van der Waals surface area (Å²) in [7, 11) is 0. The van der Waals surface area contributed by atoms with E-state index in [0.717, 1.165) is 61.9 Å². The van der Waals surface area contributed by atoms with Gasteiger partial charge in [0.2, 0.25) is 0 Å². The van der Waals surface area contributed by atoms with Gasteiger partial charge >= 0.3 is 0 Å². The molecule has 0 radical (unpaired) electrons. The fraction of sp³-hybridized carbons (Fsp3) is 0.200. The van der Waals surface area contributed by atoms with Crippen LogP contribution in [0.15, 0.2) is 164 Å². The van der Waals surface area contributed by atoms with Gasteiger partial charge in [0.1, 0.15) is 0 Å². The number of rotatable bonds is 7. The van der Waals surface area contributed by atoms with Crippen LogP contribution in [0.2, 0.25) is 0 Å². The van der Waals surface area contributed by atoms with Gasteiger partial charge in [0.05, 0.1) is 11.6 Å². The third-order valence-corrected chi connectivity index (χ3v) is 13.0. The van der Waals surface area contributed by atoms with Crippen LogP contribution in [0.4, 0.5) is 0 Å². The predicted molar refractivity (Wildman–Crippen MR) is 241 cm³/mol. The van der Waals surface area contributed by atoms with Gasteiger partial charge in [-0.15, -0.1) is 0 Å². The lowest BCUT2D eigenvalue weighted by Gasteiger charge is -2.50.